The number of nitrogen functional groups attached to an aromatic ring is 1. The van der Waals surface area contributed by atoms with Crippen LogP contribution in [0, 0.1) is 0 Å². The quantitative estimate of drug-likeness (QED) is 0.615. The summed E-state index contributed by atoms with van der Waals surface area (Å²) in [6, 6.07) is 18.4. The maximum atomic E-state index is 5.73. The molecular weight excluding hydrogens is 230 g/mol. The summed E-state index contributed by atoms with van der Waals surface area (Å²) in [7, 11) is 0. The van der Waals surface area contributed by atoms with Crippen LogP contribution in [0.5, 0.6) is 0 Å². The molecule has 1 heteroatoms. The lowest BCUT2D eigenvalue weighted by Crippen LogP contribution is -1.87. The second-order valence-electron chi connectivity index (χ2n) is 4.56. The average molecular weight is 249 g/mol. The topological polar surface area (TPSA) is 26.0 Å². The number of hydrogen-bond acceptors (Lipinski definition) is 1. The Morgan fingerprint density at radius 2 is 1.53 bits per heavy atom. The van der Waals surface area contributed by atoms with Gasteiger partial charge in [0.1, 0.15) is 0 Å². The fourth-order valence-electron chi connectivity index (χ4n) is 2.03. The van der Waals surface area contributed by atoms with Gasteiger partial charge in [0.05, 0.1) is 0 Å². The van der Waals surface area contributed by atoms with Crippen LogP contribution in [-0.4, -0.2) is 0 Å². The van der Waals surface area contributed by atoms with Crippen molar-refractivity contribution in [3.63, 3.8) is 0 Å². The first-order chi connectivity index (χ1) is 9.20. The molecule has 0 aliphatic carbocycles. The van der Waals surface area contributed by atoms with Crippen LogP contribution in [0.3, 0.4) is 0 Å². The van der Waals surface area contributed by atoms with E-state index in [1.807, 2.05) is 18.2 Å². The van der Waals surface area contributed by atoms with Crippen molar-refractivity contribution in [3.05, 3.63) is 77.9 Å². The highest BCUT2D eigenvalue weighted by atomic mass is 14.5. The van der Waals surface area contributed by atoms with Crippen molar-refractivity contribution in [2.75, 3.05) is 5.73 Å². The Morgan fingerprint density at radius 3 is 2.11 bits per heavy atom. The predicted molar refractivity (Wildman–Crippen MR) is 84.6 cm³/mol. The van der Waals surface area contributed by atoms with E-state index in [1.54, 1.807) is 0 Å². The van der Waals surface area contributed by atoms with Gasteiger partial charge in [-0.3, -0.25) is 0 Å². The largest absolute Gasteiger partial charge is 0.399 e. The molecule has 0 fully saturated rings. The second-order valence-corrected chi connectivity index (χ2v) is 4.56. The standard InChI is InChI=1S/C18H19N/c1-3-15(17-9-11-18(19)12-10-17)13-14(2)16-7-5-4-6-8-16/h3-13H,19H2,1-2H3/b14-13+,15-3+. The fraction of sp³-hybridized carbons (Fsp3) is 0.111. The highest BCUT2D eigenvalue weighted by Crippen LogP contribution is 2.22. The zero-order valence-corrected chi connectivity index (χ0v) is 11.4. The van der Waals surface area contributed by atoms with Crippen molar-refractivity contribution in [2.24, 2.45) is 0 Å². The van der Waals surface area contributed by atoms with Crippen LogP contribution in [0.4, 0.5) is 5.69 Å². The van der Waals surface area contributed by atoms with Crippen molar-refractivity contribution in [2.45, 2.75) is 13.8 Å². The summed E-state index contributed by atoms with van der Waals surface area (Å²) in [5.74, 6) is 0. The van der Waals surface area contributed by atoms with E-state index in [2.05, 4.69) is 62.4 Å². The van der Waals surface area contributed by atoms with Gasteiger partial charge in [-0.05, 0) is 48.3 Å². The summed E-state index contributed by atoms with van der Waals surface area (Å²) < 4.78 is 0. The molecule has 0 atom stereocenters. The second kappa shape index (κ2) is 6.05. The van der Waals surface area contributed by atoms with Crippen LogP contribution in [-0.2, 0) is 0 Å². The summed E-state index contributed by atoms with van der Waals surface area (Å²) >= 11 is 0. The lowest BCUT2D eigenvalue weighted by Gasteiger charge is -2.06. The molecule has 0 bridgehead atoms. The van der Waals surface area contributed by atoms with E-state index in [9.17, 15) is 0 Å². The molecule has 2 aromatic rings. The van der Waals surface area contributed by atoms with Gasteiger partial charge in [-0.1, -0.05) is 54.6 Å². The maximum absolute atomic E-state index is 5.73. The molecule has 0 aromatic heterocycles. The Bertz CT molecular complexity index is 589. The number of hydrogen-bond donors (Lipinski definition) is 1. The van der Waals surface area contributed by atoms with Gasteiger partial charge in [-0.25, -0.2) is 0 Å². The molecule has 96 valence electrons. The number of benzene rings is 2. The minimum Gasteiger partial charge on any atom is -0.399 e. The highest BCUT2D eigenvalue weighted by molar-refractivity contribution is 5.83. The Kier molecular flexibility index (Phi) is 4.19. The van der Waals surface area contributed by atoms with Gasteiger partial charge < -0.3 is 5.73 Å². The van der Waals surface area contributed by atoms with Crippen LogP contribution in [0.25, 0.3) is 11.1 Å². The number of rotatable bonds is 3. The molecule has 2 N–H and O–H groups in total. The number of allylic oxidation sites excluding steroid dienone is 4. The van der Waals surface area contributed by atoms with Crippen molar-refractivity contribution in [1.29, 1.82) is 0 Å². The van der Waals surface area contributed by atoms with Gasteiger partial charge in [-0.15, -0.1) is 0 Å². The van der Waals surface area contributed by atoms with Crippen molar-refractivity contribution < 1.29 is 0 Å². The molecule has 0 heterocycles. The molecule has 0 amide bonds. The molecule has 0 aliphatic heterocycles. The summed E-state index contributed by atoms with van der Waals surface area (Å²) in [5, 5.41) is 0. The normalized spacial score (nSPS) is 12.5. The van der Waals surface area contributed by atoms with E-state index in [0.29, 0.717) is 0 Å². The zero-order chi connectivity index (χ0) is 13.7. The Morgan fingerprint density at radius 1 is 0.895 bits per heavy atom. The summed E-state index contributed by atoms with van der Waals surface area (Å²) in [4.78, 5) is 0. The van der Waals surface area contributed by atoms with Crippen LogP contribution in [0.15, 0.2) is 66.7 Å². The predicted octanol–water partition coefficient (Wildman–Crippen LogP) is 4.78. The third-order valence-corrected chi connectivity index (χ3v) is 3.16. The minimum absolute atomic E-state index is 0.794. The van der Waals surface area contributed by atoms with Crippen molar-refractivity contribution >= 4 is 16.8 Å². The SMILES string of the molecule is C/C=C(\C=C(/C)c1ccccc1)c1ccc(N)cc1. The van der Waals surface area contributed by atoms with E-state index in [4.69, 9.17) is 5.73 Å². The Balaban J connectivity index is 2.32. The number of anilines is 1. The van der Waals surface area contributed by atoms with E-state index in [0.717, 1.165) is 5.69 Å². The molecule has 1 nitrogen and oxygen atoms in total. The summed E-state index contributed by atoms with van der Waals surface area (Å²) in [5.41, 5.74) is 11.4. The highest BCUT2D eigenvalue weighted by Gasteiger charge is 2.00. The van der Waals surface area contributed by atoms with Gasteiger partial charge in [0.2, 0.25) is 0 Å². The third kappa shape index (κ3) is 3.35. The summed E-state index contributed by atoms with van der Waals surface area (Å²) in [6.07, 6.45) is 4.33. The van der Waals surface area contributed by atoms with Gasteiger partial charge in [0, 0.05) is 5.69 Å². The molecule has 0 radical (unpaired) electrons. The fourth-order valence-corrected chi connectivity index (χ4v) is 2.03. The van der Waals surface area contributed by atoms with E-state index >= 15 is 0 Å². The first-order valence-corrected chi connectivity index (χ1v) is 6.46. The first kappa shape index (κ1) is 13.2. The first-order valence-electron chi connectivity index (χ1n) is 6.46. The van der Waals surface area contributed by atoms with Gasteiger partial charge in [0.15, 0.2) is 0 Å². The van der Waals surface area contributed by atoms with Crippen LogP contribution >= 0.6 is 0 Å². The average Bonchev–Trinajstić information content (AvgIpc) is 2.46. The summed E-state index contributed by atoms with van der Waals surface area (Å²) in [6.45, 7) is 4.19. The molecule has 0 saturated carbocycles. The van der Waals surface area contributed by atoms with Crippen molar-refractivity contribution in [3.8, 4) is 0 Å². The Labute approximate surface area is 115 Å². The van der Waals surface area contributed by atoms with Crippen LogP contribution < -0.4 is 5.73 Å². The van der Waals surface area contributed by atoms with E-state index in [1.165, 1.54) is 22.3 Å². The van der Waals surface area contributed by atoms with Gasteiger partial charge in [-0.2, -0.15) is 0 Å². The van der Waals surface area contributed by atoms with E-state index < -0.39 is 0 Å². The molecule has 0 aliphatic rings. The zero-order valence-electron chi connectivity index (χ0n) is 11.4. The van der Waals surface area contributed by atoms with Gasteiger partial charge in [0.25, 0.3) is 0 Å². The lowest BCUT2D eigenvalue weighted by molar-refractivity contribution is 1.55. The minimum atomic E-state index is 0.794. The monoisotopic (exact) mass is 249 g/mol. The molecule has 0 saturated heterocycles. The molecule has 2 rings (SSSR count). The molecule has 2 aromatic carbocycles. The third-order valence-electron chi connectivity index (χ3n) is 3.16. The molecule has 0 spiro atoms. The van der Waals surface area contributed by atoms with Crippen molar-refractivity contribution in [1.82, 2.24) is 0 Å². The maximum Gasteiger partial charge on any atom is 0.0314 e. The molecule has 19 heavy (non-hydrogen) atoms. The van der Waals surface area contributed by atoms with E-state index in [-0.39, 0.29) is 0 Å². The smallest absolute Gasteiger partial charge is 0.0314 e. The number of nitrogens with two attached hydrogens (primary N) is 1. The van der Waals surface area contributed by atoms with Crippen LogP contribution in [0.2, 0.25) is 0 Å². The van der Waals surface area contributed by atoms with Crippen LogP contribution in [0.1, 0.15) is 25.0 Å². The Hall–Kier alpha value is -2.28. The lowest BCUT2D eigenvalue weighted by atomic mass is 9.99. The van der Waals surface area contributed by atoms with Gasteiger partial charge >= 0.3 is 0 Å². The molecule has 0 unspecified atom stereocenters. The molecular formula is C18H19N.